The molecule has 2 heterocycles. The van der Waals surface area contributed by atoms with Gasteiger partial charge in [-0.2, -0.15) is 5.48 Å². The molecule has 1 aromatic rings. The highest BCUT2D eigenvalue weighted by molar-refractivity contribution is 5.98. The molecule has 0 spiro atoms. The monoisotopic (exact) mass is 401 g/mol. The van der Waals surface area contributed by atoms with Crippen LogP contribution < -0.4 is 15.6 Å². The lowest BCUT2D eigenvalue weighted by Crippen LogP contribution is -2.46. The normalized spacial score (nSPS) is 20.9. The molecule has 1 aromatic carbocycles. The number of piperidine rings is 1. The number of hydroxylamine groups is 1. The van der Waals surface area contributed by atoms with E-state index in [9.17, 15) is 14.4 Å². The lowest BCUT2D eigenvalue weighted by atomic mass is 9.82. The summed E-state index contributed by atoms with van der Waals surface area (Å²) in [4.78, 5) is 42.6. The van der Waals surface area contributed by atoms with Gasteiger partial charge in [-0.1, -0.05) is 26.0 Å². The zero-order chi connectivity index (χ0) is 21.0. The van der Waals surface area contributed by atoms with Gasteiger partial charge in [-0.25, -0.2) is 0 Å². The van der Waals surface area contributed by atoms with E-state index >= 15 is 0 Å². The molecule has 1 atom stereocenters. The Kier molecular flexibility index (Phi) is 6.57. The van der Waals surface area contributed by atoms with Gasteiger partial charge in [0.2, 0.25) is 11.8 Å². The van der Waals surface area contributed by atoms with Crippen molar-refractivity contribution in [2.75, 3.05) is 19.6 Å². The molecule has 3 rings (SSSR count). The number of carbonyl (C=O) groups excluding carboxylic acids is 3. The molecular formula is C22H31N3O4. The summed E-state index contributed by atoms with van der Waals surface area (Å²) in [5.74, 6) is 0.312. The topological polar surface area (TPSA) is 87.7 Å². The van der Waals surface area contributed by atoms with Crippen LogP contribution in [0, 0.1) is 5.41 Å². The number of imide groups is 1. The number of benzene rings is 1. The number of hydrogen-bond donors (Lipinski definition) is 2. The first-order chi connectivity index (χ1) is 13.8. The Morgan fingerprint density at radius 3 is 2.59 bits per heavy atom. The van der Waals surface area contributed by atoms with E-state index in [4.69, 9.17) is 4.84 Å². The van der Waals surface area contributed by atoms with Crippen molar-refractivity contribution in [3.05, 3.63) is 29.3 Å². The summed E-state index contributed by atoms with van der Waals surface area (Å²) in [6.07, 6.45) is 3.48. The van der Waals surface area contributed by atoms with Crippen molar-refractivity contribution in [1.29, 1.82) is 0 Å². The summed E-state index contributed by atoms with van der Waals surface area (Å²) < 4.78 is 0. The number of amides is 3. The van der Waals surface area contributed by atoms with Crippen molar-refractivity contribution in [2.24, 2.45) is 5.41 Å². The largest absolute Gasteiger partial charge is 0.379 e. The standard InChI is InChI=1S/C22H31N3O4/c1-15-17-7-6-16(12-18(17)29-24-21(15)28)8-10-23-9-4-5-11-25-19(26)13-22(2,3)14-20(25)27/h6-7,12,15,23H,4-5,8-11,13-14H2,1-3H3,(H,24,28). The van der Waals surface area contributed by atoms with E-state index in [1.165, 1.54) is 4.90 Å². The average Bonchev–Trinajstić information content (AvgIpc) is 2.65. The second-order valence-corrected chi connectivity index (χ2v) is 8.83. The number of rotatable bonds is 8. The van der Waals surface area contributed by atoms with Crippen LogP contribution in [0.2, 0.25) is 0 Å². The Morgan fingerprint density at radius 2 is 1.86 bits per heavy atom. The first-order valence-corrected chi connectivity index (χ1v) is 10.4. The molecule has 0 aliphatic carbocycles. The molecule has 0 aromatic heterocycles. The smallest absolute Gasteiger partial charge is 0.259 e. The van der Waals surface area contributed by atoms with Gasteiger partial charge in [0.15, 0.2) is 5.75 Å². The van der Waals surface area contributed by atoms with Crippen LogP contribution in [0.4, 0.5) is 0 Å². The van der Waals surface area contributed by atoms with Crippen LogP contribution in [0.25, 0.3) is 0 Å². The van der Waals surface area contributed by atoms with Crippen molar-refractivity contribution in [2.45, 2.75) is 58.8 Å². The fourth-order valence-electron chi connectivity index (χ4n) is 3.85. The van der Waals surface area contributed by atoms with Crippen molar-refractivity contribution in [1.82, 2.24) is 15.7 Å². The summed E-state index contributed by atoms with van der Waals surface area (Å²) >= 11 is 0. The number of fused-ring (bicyclic) bond motifs is 1. The number of likely N-dealkylation sites (tertiary alicyclic amines) is 1. The van der Waals surface area contributed by atoms with Gasteiger partial charge in [-0.15, -0.1) is 0 Å². The first kappa shape index (κ1) is 21.3. The average molecular weight is 402 g/mol. The molecule has 0 radical (unpaired) electrons. The molecule has 1 fully saturated rings. The van der Waals surface area contributed by atoms with Crippen LogP contribution in [0.1, 0.15) is 63.5 Å². The minimum atomic E-state index is -0.211. The predicted octanol–water partition coefficient (Wildman–Crippen LogP) is 2.30. The number of unbranched alkanes of at least 4 members (excludes halogenated alkanes) is 1. The third kappa shape index (κ3) is 5.35. The summed E-state index contributed by atoms with van der Waals surface area (Å²) in [6.45, 7) is 7.99. The van der Waals surface area contributed by atoms with Crippen molar-refractivity contribution in [3.8, 4) is 5.75 Å². The second-order valence-electron chi connectivity index (χ2n) is 8.83. The maximum atomic E-state index is 12.1. The summed E-state index contributed by atoms with van der Waals surface area (Å²) in [6, 6.07) is 5.97. The molecule has 3 amide bonds. The van der Waals surface area contributed by atoms with Crippen LogP contribution in [0.3, 0.4) is 0 Å². The molecule has 158 valence electrons. The predicted molar refractivity (Wildman–Crippen MR) is 109 cm³/mol. The van der Waals surface area contributed by atoms with E-state index in [0.717, 1.165) is 43.5 Å². The Morgan fingerprint density at radius 1 is 1.14 bits per heavy atom. The molecule has 1 saturated heterocycles. The van der Waals surface area contributed by atoms with Crippen LogP contribution >= 0.6 is 0 Å². The van der Waals surface area contributed by atoms with E-state index in [0.29, 0.717) is 25.1 Å². The third-order valence-electron chi connectivity index (χ3n) is 5.64. The Bertz CT molecular complexity index is 770. The van der Waals surface area contributed by atoms with E-state index in [1.54, 1.807) is 0 Å². The maximum Gasteiger partial charge on any atom is 0.259 e. The lowest BCUT2D eigenvalue weighted by molar-refractivity contribution is -0.152. The molecule has 1 unspecified atom stereocenters. The van der Waals surface area contributed by atoms with Gasteiger partial charge in [0.1, 0.15) is 0 Å². The van der Waals surface area contributed by atoms with Crippen molar-refractivity contribution in [3.63, 3.8) is 0 Å². The quantitative estimate of drug-likeness (QED) is 0.516. The fourth-order valence-corrected chi connectivity index (χ4v) is 3.85. The molecular weight excluding hydrogens is 370 g/mol. The van der Waals surface area contributed by atoms with E-state index in [2.05, 4.69) is 10.8 Å². The fraction of sp³-hybridized carbons (Fsp3) is 0.591. The van der Waals surface area contributed by atoms with Crippen LogP contribution in [-0.4, -0.2) is 42.3 Å². The zero-order valence-corrected chi connectivity index (χ0v) is 17.5. The maximum absolute atomic E-state index is 12.1. The minimum Gasteiger partial charge on any atom is -0.379 e. The number of hydrogen-bond acceptors (Lipinski definition) is 5. The molecule has 2 aliphatic rings. The number of carbonyl (C=O) groups is 3. The molecule has 2 N–H and O–H groups in total. The molecule has 0 saturated carbocycles. The van der Waals surface area contributed by atoms with Crippen LogP contribution in [0.15, 0.2) is 18.2 Å². The van der Waals surface area contributed by atoms with Crippen LogP contribution in [0.5, 0.6) is 5.75 Å². The molecule has 2 aliphatic heterocycles. The molecule has 29 heavy (non-hydrogen) atoms. The Labute approximate surface area is 172 Å². The summed E-state index contributed by atoms with van der Waals surface area (Å²) in [7, 11) is 0. The van der Waals surface area contributed by atoms with E-state index in [-0.39, 0.29) is 29.1 Å². The summed E-state index contributed by atoms with van der Waals surface area (Å²) in [5.41, 5.74) is 4.28. The highest BCUT2D eigenvalue weighted by Crippen LogP contribution is 2.32. The first-order valence-electron chi connectivity index (χ1n) is 10.4. The van der Waals surface area contributed by atoms with Crippen molar-refractivity contribution < 1.29 is 19.2 Å². The number of nitrogens with zero attached hydrogens (tertiary/aromatic N) is 1. The zero-order valence-electron chi connectivity index (χ0n) is 17.5. The summed E-state index contributed by atoms with van der Waals surface area (Å²) in [5, 5.41) is 3.40. The third-order valence-corrected chi connectivity index (χ3v) is 5.64. The Hall–Kier alpha value is -2.41. The number of nitrogens with one attached hydrogen (secondary N) is 2. The van der Waals surface area contributed by atoms with Gasteiger partial charge in [0.05, 0.1) is 5.92 Å². The lowest BCUT2D eigenvalue weighted by Gasteiger charge is -2.34. The van der Waals surface area contributed by atoms with E-state index in [1.807, 2.05) is 39.0 Å². The van der Waals surface area contributed by atoms with Crippen LogP contribution in [-0.2, 0) is 20.8 Å². The Balaban J connectivity index is 1.33. The molecule has 0 bridgehead atoms. The highest BCUT2D eigenvalue weighted by atomic mass is 16.7. The van der Waals surface area contributed by atoms with Gasteiger partial charge in [-0.3, -0.25) is 19.3 Å². The minimum absolute atomic E-state index is 0.0423. The van der Waals surface area contributed by atoms with E-state index < -0.39 is 0 Å². The molecule has 7 heteroatoms. The highest BCUT2D eigenvalue weighted by Gasteiger charge is 2.36. The molecule has 7 nitrogen and oxygen atoms in total. The van der Waals surface area contributed by atoms with Crippen molar-refractivity contribution >= 4 is 17.7 Å². The SMILES string of the molecule is CC1C(=O)NOc2cc(CCNCCCCN3C(=O)CC(C)(C)CC3=O)ccc21. The van der Waals surface area contributed by atoms with Gasteiger partial charge in [0.25, 0.3) is 5.91 Å². The van der Waals surface area contributed by atoms with Gasteiger partial charge in [-0.05, 0) is 56.3 Å². The van der Waals surface area contributed by atoms with Gasteiger partial charge >= 0.3 is 0 Å². The van der Waals surface area contributed by atoms with Gasteiger partial charge < -0.3 is 10.2 Å². The van der Waals surface area contributed by atoms with Gasteiger partial charge in [0, 0.05) is 24.9 Å². The second kappa shape index (κ2) is 8.95.